The van der Waals surface area contributed by atoms with Crippen LogP contribution >= 0.6 is 0 Å². The molecule has 0 amide bonds. The molecule has 2 rings (SSSR count). The molecular formula is C21H33N5O2. The number of aryl methyl sites for hydroxylation is 3. The maximum atomic E-state index is 6.01. The number of ether oxygens (including phenoxy) is 1. The van der Waals surface area contributed by atoms with Gasteiger partial charge in [0, 0.05) is 32.1 Å². The molecule has 0 saturated carbocycles. The molecule has 0 saturated heterocycles. The zero-order chi connectivity index (χ0) is 20.2. The highest BCUT2D eigenvalue weighted by Crippen LogP contribution is 2.20. The summed E-state index contributed by atoms with van der Waals surface area (Å²) in [5, 5.41) is 10.5. The molecule has 0 unspecified atom stereocenters. The molecule has 28 heavy (non-hydrogen) atoms. The summed E-state index contributed by atoms with van der Waals surface area (Å²) >= 11 is 0. The summed E-state index contributed by atoms with van der Waals surface area (Å²) in [5.41, 5.74) is 2.33. The molecule has 0 fully saturated rings. The topological polar surface area (TPSA) is 84.6 Å². The van der Waals surface area contributed by atoms with Crippen LogP contribution in [0.4, 0.5) is 0 Å². The van der Waals surface area contributed by atoms with Crippen LogP contribution in [-0.2, 0) is 13.0 Å². The van der Waals surface area contributed by atoms with Crippen molar-refractivity contribution in [2.24, 2.45) is 4.99 Å². The molecule has 154 valence electrons. The van der Waals surface area contributed by atoms with Crippen LogP contribution in [0.25, 0.3) is 0 Å². The Morgan fingerprint density at radius 2 is 2.04 bits per heavy atom. The fraction of sp³-hybridized carbons (Fsp3) is 0.571. The highest BCUT2D eigenvalue weighted by Gasteiger charge is 2.07. The second-order valence-corrected chi connectivity index (χ2v) is 6.86. The summed E-state index contributed by atoms with van der Waals surface area (Å²) in [4.78, 5) is 8.50. The average Bonchev–Trinajstić information content (AvgIpc) is 3.11. The Kier molecular flexibility index (Phi) is 9.31. The number of rotatable bonds is 11. The van der Waals surface area contributed by atoms with Gasteiger partial charge in [-0.15, -0.1) is 0 Å². The lowest BCUT2D eigenvalue weighted by molar-refractivity contribution is 0.303. The van der Waals surface area contributed by atoms with Crippen LogP contribution in [0.15, 0.2) is 27.7 Å². The largest absolute Gasteiger partial charge is 0.493 e. The average molecular weight is 388 g/mol. The molecule has 0 radical (unpaired) electrons. The molecule has 2 N–H and O–H groups in total. The molecule has 7 nitrogen and oxygen atoms in total. The van der Waals surface area contributed by atoms with E-state index in [-0.39, 0.29) is 0 Å². The second-order valence-electron chi connectivity index (χ2n) is 6.86. The lowest BCUT2D eigenvalue weighted by Gasteiger charge is -2.15. The first kappa shape index (κ1) is 21.7. The van der Waals surface area contributed by atoms with Crippen LogP contribution in [0.1, 0.15) is 55.4 Å². The SMILES string of the molecule is CCCCCOc1cc(C)ccc1CNC(=NC)NCCCc1nc(C)no1. The van der Waals surface area contributed by atoms with Gasteiger partial charge in [0.05, 0.1) is 6.61 Å². The van der Waals surface area contributed by atoms with Gasteiger partial charge in [0.15, 0.2) is 11.8 Å². The third-order valence-corrected chi connectivity index (χ3v) is 4.33. The third kappa shape index (κ3) is 7.58. The van der Waals surface area contributed by atoms with E-state index in [1.54, 1.807) is 7.05 Å². The van der Waals surface area contributed by atoms with Crippen molar-refractivity contribution in [1.82, 2.24) is 20.8 Å². The van der Waals surface area contributed by atoms with Crippen molar-refractivity contribution < 1.29 is 9.26 Å². The van der Waals surface area contributed by atoms with Gasteiger partial charge in [0.2, 0.25) is 5.89 Å². The van der Waals surface area contributed by atoms with E-state index in [0.717, 1.165) is 49.7 Å². The molecule has 0 spiro atoms. The van der Waals surface area contributed by atoms with Gasteiger partial charge >= 0.3 is 0 Å². The standard InChI is InChI=1S/C21H33N5O2/c1-5-6-7-13-27-19-14-16(2)10-11-18(19)15-24-21(22-4)23-12-8-9-20-25-17(3)26-28-20/h10-11,14H,5-9,12-13,15H2,1-4H3,(H2,22,23,24). The van der Waals surface area contributed by atoms with E-state index in [1.165, 1.54) is 18.4 Å². The van der Waals surface area contributed by atoms with Crippen molar-refractivity contribution in [2.75, 3.05) is 20.2 Å². The van der Waals surface area contributed by atoms with Gasteiger partial charge in [-0.2, -0.15) is 4.98 Å². The molecule has 1 aromatic carbocycles. The molecule has 0 atom stereocenters. The van der Waals surface area contributed by atoms with E-state index >= 15 is 0 Å². The van der Waals surface area contributed by atoms with Crippen molar-refractivity contribution in [3.8, 4) is 5.75 Å². The number of nitrogens with one attached hydrogen (secondary N) is 2. The minimum atomic E-state index is 0.659. The monoisotopic (exact) mass is 387 g/mol. The zero-order valence-electron chi connectivity index (χ0n) is 17.5. The van der Waals surface area contributed by atoms with E-state index in [9.17, 15) is 0 Å². The lowest BCUT2D eigenvalue weighted by Crippen LogP contribution is -2.37. The molecule has 1 heterocycles. The van der Waals surface area contributed by atoms with E-state index < -0.39 is 0 Å². The number of guanidine groups is 1. The Morgan fingerprint density at radius 1 is 1.18 bits per heavy atom. The van der Waals surface area contributed by atoms with Crippen LogP contribution in [-0.4, -0.2) is 36.3 Å². The van der Waals surface area contributed by atoms with Crippen molar-refractivity contribution in [2.45, 2.75) is 59.4 Å². The number of aliphatic imine (C=N–C) groups is 1. The second kappa shape index (κ2) is 12.0. The molecule has 0 bridgehead atoms. The van der Waals surface area contributed by atoms with Crippen LogP contribution in [0.2, 0.25) is 0 Å². The lowest BCUT2D eigenvalue weighted by atomic mass is 10.1. The minimum absolute atomic E-state index is 0.659. The van der Waals surface area contributed by atoms with Gasteiger partial charge in [-0.1, -0.05) is 37.1 Å². The van der Waals surface area contributed by atoms with Crippen LogP contribution in [0.3, 0.4) is 0 Å². The number of unbranched alkanes of at least 4 members (excludes halogenated alkanes) is 2. The first-order chi connectivity index (χ1) is 13.6. The van der Waals surface area contributed by atoms with Crippen molar-refractivity contribution >= 4 is 5.96 Å². The van der Waals surface area contributed by atoms with E-state index in [2.05, 4.69) is 57.8 Å². The minimum Gasteiger partial charge on any atom is -0.493 e. The Labute approximate surface area is 168 Å². The maximum Gasteiger partial charge on any atom is 0.226 e. The molecule has 1 aromatic heterocycles. The summed E-state index contributed by atoms with van der Waals surface area (Å²) in [6.45, 7) is 8.29. The Balaban J connectivity index is 1.78. The van der Waals surface area contributed by atoms with Gasteiger partial charge < -0.3 is 19.9 Å². The van der Waals surface area contributed by atoms with Gasteiger partial charge in [0.25, 0.3) is 0 Å². The van der Waals surface area contributed by atoms with Crippen molar-refractivity contribution in [3.05, 3.63) is 41.0 Å². The first-order valence-electron chi connectivity index (χ1n) is 10.1. The summed E-state index contributed by atoms with van der Waals surface area (Å²) in [6.07, 6.45) is 5.11. The number of aromatic nitrogens is 2. The highest BCUT2D eigenvalue weighted by molar-refractivity contribution is 5.79. The fourth-order valence-corrected chi connectivity index (χ4v) is 2.76. The number of hydrogen-bond donors (Lipinski definition) is 2. The normalized spacial score (nSPS) is 11.5. The predicted molar refractivity (Wildman–Crippen MR) is 112 cm³/mol. The van der Waals surface area contributed by atoms with E-state index in [0.29, 0.717) is 18.3 Å². The van der Waals surface area contributed by atoms with Crippen LogP contribution in [0, 0.1) is 13.8 Å². The van der Waals surface area contributed by atoms with Gasteiger partial charge in [-0.05, 0) is 38.3 Å². The highest BCUT2D eigenvalue weighted by atomic mass is 16.5. The number of benzene rings is 1. The number of hydrogen-bond acceptors (Lipinski definition) is 5. The van der Waals surface area contributed by atoms with E-state index in [4.69, 9.17) is 9.26 Å². The summed E-state index contributed by atoms with van der Waals surface area (Å²) in [6, 6.07) is 6.33. The maximum absolute atomic E-state index is 6.01. The van der Waals surface area contributed by atoms with E-state index in [1.807, 2.05) is 6.92 Å². The van der Waals surface area contributed by atoms with Gasteiger partial charge in [-0.3, -0.25) is 4.99 Å². The quantitative estimate of drug-likeness (QED) is 0.348. The summed E-state index contributed by atoms with van der Waals surface area (Å²) < 4.78 is 11.1. The van der Waals surface area contributed by atoms with Crippen LogP contribution < -0.4 is 15.4 Å². The van der Waals surface area contributed by atoms with Gasteiger partial charge in [-0.25, -0.2) is 0 Å². The Bertz CT molecular complexity index is 742. The molecule has 7 heteroatoms. The fourth-order valence-electron chi connectivity index (χ4n) is 2.76. The molecular weight excluding hydrogens is 354 g/mol. The zero-order valence-corrected chi connectivity index (χ0v) is 17.5. The molecule has 0 aliphatic rings. The molecule has 2 aromatic rings. The Morgan fingerprint density at radius 3 is 2.75 bits per heavy atom. The molecule has 0 aliphatic carbocycles. The predicted octanol–water partition coefficient (Wildman–Crippen LogP) is 3.55. The van der Waals surface area contributed by atoms with Crippen LogP contribution in [0.5, 0.6) is 5.75 Å². The Hall–Kier alpha value is -2.57. The smallest absolute Gasteiger partial charge is 0.226 e. The van der Waals surface area contributed by atoms with Crippen molar-refractivity contribution in [1.29, 1.82) is 0 Å². The summed E-state index contributed by atoms with van der Waals surface area (Å²) in [5.74, 6) is 3.06. The van der Waals surface area contributed by atoms with Crippen molar-refractivity contribution in [3.63, 3.8) is 0 Å². The summed E-state index contributed by atoms with van der Waals surface area (Å²) in [7, 11) is 1.77. The molecule has 0 aliphatic heterocycles. The number of nitrogens with zero attached hydrogens (tertiary/aromatic N) is 3. The first-order valence-corrected chi connectivity index (χ1v) is 10.1. The van der Waals surface area contributed by atoms with Gasteiger partial charge in [0.1, 0.15) is 5.75 Å². The third-order valence-electron chi connectivity index (χ3n) is 4.33.